The molecule has 2 amide bonds. The summed E-state index contributed by atoms with van der Waals surface area (Å²) in [6.45, 7) is 3.15. The fraction of sp³-hybridized carbons (Fsp3) is 0.238. The Bertz CT molecular complexity index is 1020. The summed E-state index contributed by atoms with van der Waals surface area (Å²) in [5.74, 6) is -1.13. The minimum absolute atomic E-state index is 0.00389. The van der Waals surface area contributed by atoms with Gasteiger partial charge >= 0.3 is 0 Å². The molecule has 28 heavy (non-hydrogen) atoms. The summed E-state index contributed by atoms with van der Waals surface area (Å²) in [4.78, 5) is 27.6. The number of rotatable bonds is 6. The number of hydrogen-bond donors (Lipinski definition) is 3. The van der Waals surface area contributed by atoms with E-state index in [0.717, 1.165) is 16.5 Å². The van der Waals surface area contributed by atoms with Gasteiger partial charge in [0.1, 0.15) is 11.9 Å². The minimum Gasteiger partial charge on any atom is -0.361 e. The molecule has 0 saturated carbocycles. The van der Waals surface area contributed by atoms with Gasteiger partial charge in [-0.05, 0) is 36.2 Å². The normalized spacial score (nSPS) is 13.1. The van der Waals surface area contributed by atoms with E-state index in [9.17, 15) is 14.0 Å². The summed E-state index contributed by atoms with van der Waals surface area (Å²) >= 11 is 5.83. The zero-order valence-corrected chi connectivity index (χ0v) is 16.3. The lowest BCUT2D eigenvalue weighted by Gasteiger charge is -2.21. The van der Waals surface area contributed by atoms with Gasteiger partial charge in [0.05, 0.1) is 11.1 Å². The van der Waals surface area contributed by atoms with Crippen LogP contribution in [0.2, 0.25) is 5.02 Å². The highest BCUT2D eigenvalue weighted by atomic mass is 35.5. The third-order valence-corrected chi connectivity index (χ3v) is 4.89. The molecular formula is C21H21ClFN3O2. The van der Waals surface area contributed by atoms with Crippen LogP contribution < -0.4 is 10.6 Å². The Hall–Kier alpha value is -2.86. The quantitative estimate of drug-likeness (QED) is 0.586. The van der Waals surface area contributed by atoms with Crippen LogP contribution in [0, 0.1) is 5.82 Å². The van der Waals surface area contributed by atoms with Gasteiger partial charge in [-0.25, -0.2) is 4.39 Å². The lowest BCUT2D eigenvalue weighted by atomic mass is 10.0. The molecule has 3 aromatic rings. The van der Waals surface area contributed by atoms with Gasteiger partial charge in [0.15, 0.2) is 0 Å². The number of aromatic nitrogens is 1. The molecule has 2 aromatic carbocycles. The van der Waals surface area contributed by atoms with Crippen LogP contribution in [-0.4, -0.2) is 22.8 Å². The summed E-state index contributed by atoms with van der Waals surface area (Å²) in [5, 5.41) is 6.57. The van der Waals surface area contributed by atoms with Crippen LogP contribution in [0.15, 0.2) is 48.7 Å². The highest BCUT2D eigenvalue weighted by molar-refractivity contribution is 6.30. The van der Waals surface area contributed by atoms with Crippen molar-refractivity contribution in [3.8, 4) is 0 Å². The number of amides is 2. The van der Waals surface area contributed by atoms with Gasteiger partial charge in [-0.15, -0.1) is 0 Å². The first kappa shape index (κ1) is 19.9. The van der Waals surface area contributed by atoms with Crippen LogP contribution in [0.5, 0.6) is 0 Å². The van der Waals surface area contributed by atoms with E-state index in [2.05, 4.69) is 15.6 Å². The second-order valence-electron chi connectivity index (χ2n) is 6.72. The van der Waals surface area contributed by atoms with Crippen LogP contribution in [-0.2, 0) is 16.0 Å². The molecule has 0 aliphatic heterocycles. The lowest BCUT2D eigenvalue weighted by molar-refractivity contribution is -0.128. The fourth-order valence-electron chi connectivity index (χ4n) is 3.15. The van der Waals surface area contributed by atoms with E-state index in [0.29, 0.717) is 12.0 Å². The first-order chi connectivity index (χ1) is 13.3. The monoisotopic (exact) mass is 401 g/mol. The Morgan fingerprint density at radius 3 is 2.64 bits per heavy atom. The van der Waals surface area contributed by atoms with Gasteiger partial charge in [-0.3, -0.25) is 9.59 Å². The third kappa shape index (κ3) is 4.51. The van der Waals surface area contributed by atoms with Crippen molar-refractivity contribution in [3.05, 3.63) is 70.6 Å². The summed E-state index contributed by atoms with van der Waals surface area (Å²) in [5.41, 5.74) is 2.57. The van der Waals surface area contributed by atoms with Gasteiger partial charge in [-0.1, -0.05) is 35.9 Å². The van der Waals surface area contributed by atoms with Gasteiger partial charge in [0, 0.05) is 30.4 Å². The minimum atomic E-state index is -0.741. The van der Waals surface area contributed by atoms with Crippen molar-refractivity contribution < 1.29 is 14.0 Å². The predicted molar refractivity (Wildman–Crippen MR) is 108 cm³/mol. The number of halogens is 2. The number of carbonyl (C=O) groups excluding carboxylic acids is 2. The Balaban J connectivity index is 1.77. The van der Waals surface area contributed by atoms with Crippen molar-refractivity contribution in [1.29, 1.82) is 0 Å². The molecule has 0 aliphatic carbocycles. The number of benzene rings is 2. The maximum atomic E-state index is 13.4. The topological polar surface area (TPSA) is 74.0 Å². The molecule has 146 valence electrons. The van der Waals surface area contributed by atoms with E-state index in [1.807, 2.05) is 30.5 Å². The number of aromatic amines is 1. The van der Waals surface area contributed by atoms with E-state index >= 15 is 0 Å². The van der Waals surface area contributed by atoms with Gasteiger partial charge in [0.25, 0.3) is 0 Å². The highest BCUT2D eigenvalue weighted by Gasteiger charge is 2.23. The third-order valence-electron chi connectivity index (χ3n) is 4.60. The van der Waals surface area contributed by atoms with Crippen LogP contribution in [0.4, 0.5) is 4.39 Å². The van der Waals surface area contributed by atoms with Crippen molar-refractivity contribution in [2.24, 2.45) is 0 Å². The molecule has 0 fully saturated rings. The van der Waals surface area contributed by atoms with Crippen molar-refractivity contribution >= 4 is 34.3 Å². The molecule has 3 N–H and O–H groups in total. The van der Waals surface area contributed by atoms with Crippen LogP contribution in [0.1, 0.15) is 31.0 Å². The molecule has 3 rings (SSSR count). The zero-order chi connectivity index (χ0) is 20.3. The number of fused-ring (bicyclic) bond motifs is 1. The summed E-state index contributed by atoms with van der Waals surface area (Å²) in [6, 6.07) is 10.9. The number of carbonyl (C=O) groups is 2. The molecule has 0 radical (unpaired) electrons. The molecule has 0 saturated heterocycles. The zero-order valence-electron chi connectivity index (χ0n) is 15.6. The second-order valence-corrected chi connectivity index (χ2v) is 7.13. The Kier molecular flexibility index (Phi) is 5.99. The second kappa shape index (κ2) is 8.44. The Morgan fingerprint density at radius 1 is 1.18 bits per heavy atom. The number of hydrogen-bond acceptors (Lipinski definition) is 2. The standard InChI is InChI=1S/C21H21ClFN3O2/c1-12(14-7-8-18(23)17(22)9-14)25-21(28)20(26-13(2)27)10-15-11-24-19-6-4-3-5-16(15)19/h3-9,11-12,20,24H,10H2,1-2H3,(H,25,28)(H,26,27). The van der Waals surface area contributed by atoms with Crippen LogP contribution in [0.3, 0.4) is 0 Å². The molecule has 1 aromatic heterocycles. The molecule has 0 spiro atoms. The van der Waals surface area contributed by atoms with E-state index in [-0.39, 0.29) is 16.8 Å². The number of nitrogens with one attached hydrogen (secondary N) is 3. The van der Waals surface area contributed by atoms with E-state index in [1.165, 1.54) is 19.1 Å². The first-order valence-corrected chi connectivity index (χ1v) is 9.30. The summed E-state index contributed by atoms with van der Waals surface area (Å²) in [6.07, 6.45) is 2.18. The average Bonchev–Trinajstić information content (AvgIpc) is 3.06. The van der Waals surface area contributed by atoms with Gasteiger partial charge in [-0.2, -0.15) is 0 Å². The summed E-state index contributed by atoms with van der Waals surface area (Å²) in [7, 11) is 0. The maximum absolute atomic E-state index is 13.4. The molecular weight excluding hydrogens is 381 g/mol. The van der Waals surface area contributed by atoms with E-state index in [1.54, 1.807) is 13.0 Å². The van der Waals surface area contributed by atoms with Crippen molar-refractivity contribution in [2.45, 2.75) is 32.4 Å². The van der Waals surface area contributed by atoms with Crippen molar-refractivity contribution in [1.82, 2.24) is 15.6 Å². The van der Waals surface area contributed by atoms with Crippen molar-refractivity contribution in [2.75, 3.05) is 0 Å². The molecule has 2 atom stereocenters. The molecule has 5 nitrogen and oxygen atoms in total. The SMILES string of the molecule is CC(=O)NC(Cc1c[nH]c2ccccc12)C(=O)NC(C)c1ccc(F)c(Cl)c1. The fourth-order valence-corrected chi connectivity index (χ4v) is 3.34. The lowest BCUT2D eigenvalue weighted by Crippen LogP contribution is -2.47. The predicted octanol–water partition coefficient (Wildman–Crippen LogP) is 3.89. The average molecular weight is 402 g/mol. The van der Waals surface area contributed by atoms with Gasteiger partial charge < -0.3 is 15.6 Å². The Morgan fingerprint density at radius 2 is 1.93 bits per heavy atom. The maximum Gasteiger partial charge on any atom is 0.243 e. The highest BCUT2D eigenvalue weighted by Crippen LogP contribution is 2.22. The molecule has 7 heteroatoms. The molecule has 0 bridgehead atoms. The Labute approximate surface area is 167 Å². The van der Waals surface area contributed by atoms with Gasteiger partial charge in [0.2, 0.25) is 11.8 Å². The van der Waals surface area contributed by atoms with E-state index < -0.39 is 17.9 Å². The van der Waals surface area contributed by atoms with Crippen molar-refractivity contribution in [3.63, 3.8) is 0 Å². The molecule has 0 aliphatic rings. The smallest absolute Gasteiger partial charge is 0.243 e. The van der Waals surface area contributed by atoms with Crippen LogP contribution in [0.25, 0.3) is 10.9 Å². The number of H-pyrrole nitrogens is 1. The van der Waals surface area contributed by atoms with Crippen LogP contribution >= 0.6 is 11.6 Å². The summed E-state index contributed by atoms with van der Waals surface area (Å²) < 4.78 is 13.4. The largest absolute Gasteiger partial charge is 0.361 e. The molecule has 1 heterocycles. The number of para-hydroxylation sites is 1. The first-order valence-electron chi connectivity index (χ1n) is 8.92. The molecule has 2 unspecified atom stereocenters. The van der Waals surface area contributed by atoms with E-state index in [4.69, 9.17) is 11.6 Å².